The topological polar surface area (TPSA) is 72.9 Å². The molecule has 1 heterocycles. The largest absolute Gasteiger partial charge is 0.495 e. The van der Waals surface area contributed by atoms with E-state index in [9.17, 15) is 13.2 Å². The molecule has 140 valence electrons. The van der Waals surface area contributed by atoms with Crippen LogP contribution in [-0.4, -0.2) is 45.0 Å². The molecule has 0 aromatic heterocycles. The number of hydrogen-bond donors (Lipinski definition) is 0. The Kier molecular flexibility index (Phi) is 6.46. The molecule has 25 heavy (non-hydrogen) atoms. The summed E-state index contributed by atoms with van der Waals surface area (Å²) in [6.45, 7) is 6.55. The number of hydrogen-bond acceptors (Lipinski definition) is 5. The van der Waals surface area contributed by atoms with Gasteiger partial charge in [-0.3, -0.25) is 0 Å². The number of carbonyl (C=O) groups is 1. The van der Waals surface area contributed by atoms with Gasteiger partial charge in [-0.15, -0.1) is 0 Å². The van der Waals surface area contributed by atoms with Crippen LogP contribution in [0.15, 0.2) is 23.1 Å². The second kappa shape index (κ2) is 8.19. The van der Waals surface area contributed by atoms with E-state index in [-0.39, 0.29) is 34.8 Å². The molecular weight excluding hydrogens is 342 g/mol. The van der Waals surface area contributed by atoms with Crippen LogP contribution in [0.3, 0.4) is 0 Å². The van der Waals surface area contributed by atoms with Crippen LogP contribution in [0.5, 0.6) is 5.75 Å². The highest BCUT2D eigenvalue weighted by atomic mass is 32.2. The smallest absolute Gasteiger partial charge is 0.338 e. The Labute approximate surface area is 150 Å². The summed E-state index contributed by atoms with van der Waals surface area (Å²) in [5.41, 5.74) is 0.213. The number of esters is 1. The lowest BCUT2D eigenvalue weighted by Crippen LogP contribution is -2.42. The molecule has 0 bridgehead atoms. The van der Waals surface area contributed by atoms with Crippen molar-refractivity contribution < 1.29 is 22.7 Å². The van der Waals surface area contributed by atoms with Crippen molar-refractivity contribution in [3.63, 3.8) is 0 Å². The molecule has 2 rings (SSSR count). The number of carbonyl (C=O) groups excluding carboxylic acids is 1. The molecule has 0 N–H and O–H groups in total. The second-order valence-electron chi connectivity index (χ2n) is 6.82. The number of methoxy groups -OCH3 is 1. The number of sulfonamides is 1. The van der Waals surface area contributed by atoms with Crippen LogP contribution < -0.4 is 4.74 Å². The first kappa shape index (κ1) is 19.7. The first-order chi connectivity index (χ1) is 11.8. The third-order valence-corrected chi connectivity index (χ3v) is 6.31. The van der Waals surface area contributed by atoms with Crippen molar-refractivity contribution in [3.05, 3.63) is 23.8 Å². The molecular formula is C18H27NO5S. The highest BCUT2D eigenvalue weighted by Crippen LogP contribution is 2.31. The van der Waals surface area contributed by atoms with Crippen LogP contribution in [0.25, 0.3) is 0 Å². The minimum absolute atomic E-state index is 0.0164. The lowest BCUT2D eigenvalue weighted by Gasteiger charge is -2.32. The van der Waals surface area contributed by atoms with Gasteiger partial charge in [0.2, 0.25) is 10.0 Å². The van der Waals surface area contributed by atoms with E-state index in [1.54, 1.807) is 0 Å². The van der Waals surface area contributed by atoms with Gasteiger partial charge in [0.05, 0.1) is 19.3 Å². The van der Waals surface area contributed by atoms with Crippen LogP contribution in [0.1, 0.15) is 50.4 Å². The third-order valence-electron chi connectivity index (χ3n) is 4.28. The standard InChI is InChI=1S/C18H27NO5S/c1-13(2)12-24-18(20)15-8-9-16(23-4)17(11-15)25(21,22)19-10-6-5-7-14(19)3/h8-9,11,13-14H,5-7,10,12H2,1-4H3. The van der Waals surface area contributed by atoms with Crippen LogP contribution in [0.2, 0.25) is 0 Å². The van der Waals surface area contributed by atoms with Crippen molar-refractivity contribution in [2.45, 2.75) is 51.0 Å². The van der Waals surface area contributed by atoms with Crippen molar-refractivity contribution in [1.29, 1.82) is 0 Å². The monoisotopic (exact) mass is 369 g/mol. The molecule has 1 aliphatic heterocycles. The summed E-state index contributed by atoms with van der Waals surface area (Å²) in [6, 6.07) is 4.33. The maximum absolute atomic E-state index is 13.1. The molecule has 7 heteroatoms. The highest BCUT2D eigenvalue weighted by Gasteiger charge is 2.33. The fourth-order valence-electron chi connectivity index (χ4n) is 2.89. The number of piperidine rings is 1. The molecule has 0 radical (unpaired) electrons. The van der Waals surface area contributed by atoms with Crippen LogP contribution in [0, 0.1) is 5.92 Å². The number of rotatable bonds is 6. The lowest BCUT2D eigenvalue weighted by molar-refractivity contribution is 0.0458. The lowest BCUT2D eigenvalue weighted by atomic mass is 10.1. The van der Waals surface area contributed by atoms with Crippen molar-refractivity contribution in [1.82, 2.24) is 4.31 Å². The van der Waals surface area contributed by atoms with Crippen molar-refractivity contribution >= 4 is 16.0 Å². The quantitative estimate of drug-likeness (QED) is 0.721. The second-order valence-corrected chi connectivity index (χ2v) is 8.68. The van der Waals surface area contributed by atoms with E-state index >= 15 is 0 Å². The summed E-state index contributed by atoms with van der Waals surface area (Å²) < 4.78 is 38.2. The van der Waals surface area contributed by atoms with Gasteiger partial charge in [0.1, 0.15) is 10.6 Å². The van der Waals surface area contributed by atoms with Gasteiger partial charge < -0.3 is 9.47 Å². The van der Waals surface area contributed by atoms with E-state index in [1.165, 1.54) is 29.6 Å². The Morgan fingerprint density at radius 1 is 1.32 bits per heavy atom. The van der Waals surface area contributed by atoms with Crippen molar-refractivity contribution in [3.8, 4) is 5.75 Å². The van der Waals surface area contributed by atoms with Gasteiger partial charge >= 0.3 is 5.97 Å². The minimum atomic E-state index is -3.74. The van der Waals surface area contributed by atoms with E-state index in [2.05, 4.69) is 0 Å². The fourth-order valence-corrected chi connectivity index (χ4v) is 4.77. The van der Waals surface area contributed by atoms with Gasteiger partial charge in [0.15, 0.2) is 0 Å². The van der Waals surface area contributed by atoms with E-state index in [4.69, 9.17) is 9.47 Å². The number of benzene rings is 1. The Bertz CT molecular complexity index is 714. The number of nitrogens with zero attached hydrogens (tertiary/aromatic N) is 1. The van der Waals surface area contributed by atoms with Gasteiger partial charge in [-0.1, -0.05) is 20.3 Å². The summed E-state index contributed by atoms with van der Waals surface area (Å²) >= 11 is 0. The van der Waals surface area contributed by atoms with Gasteiger partial charge in [-0.05, 0) is 43.9 Å². The Hall–Kier alpha value is -1.60. The Balaban J connectivity index is 2.37. The van der Waals surface area contributed by atoms with Crippen LogP contribution in [-0.2, 0) is 14.8 Å². The van der Waals surface area contributed by atoms with E-state index in [0.29, 0.717) is 6.54 Å². The molecule has 1 fully saturated rings. The molecule has 1 saturated heterocycles. The van der Waals surface area contributed by atoms with Gasteiger partial charge in [-0.25, -0.2) is 13.2 Å². The Morgan fingerprint density at radius 3 is 2.64 bits per heavy atom. The zero-order valence-electron chi connectivity index (χ0n) is 15.3. The highest BCUT2D eigenvalue weighted by molar-refractivity contribution is 7.89. The van der Waals surface area contributed by atoms with Gasteiger partial charge in [0.25, 0.3) is 0 Å². The molecule has 6 nitrogen and oxygen atoms in total. The predicted molar refractivity (Wildman–Crippen MR) is 95.3 cm³/mol. The van der Waals surface area contributed by atoms with E-state index in [0.717, 1.165) is 19.3 Å². The Morgan fingerprint density at radius 2 is 2.04 bits per heavy atom. The fraction of sp³-hybridized carbons (Fsp3) is 0.611. The predicted octanol–water partition coefficient (Wildman–Crippen LogP) is 3.07. The SMILES string of the molecule is COc1ccc(C(=O)OCC(C)C)cc1S(=O)(=O)N1CCCCC1C. The average molecular weight is 369 g/mol. The summed E-state index contributed by atoms with van der Waals surface area (Å²) in [4.78, 5) is 12.2. The molecule has 1 aromatic rings. The average Bonchev–Trinajstić information content (AvgIpc) is 2.59. The maximum atomic E-state index is 13.1. The minimum Gasteiger partial charge on any atom is -0.495 e. The van der Waals surface area contributed by atoms with Crippen LogP contribution >= 0.6 is 0 Å². The molecule has 0 spiro atoms. The molecule has 0 aliphatic carbocycles. The van der Waals surface area contributed by atoms with Gasteiger partial charge in [-0.2, -0.15) is 4.31 Å². The molecule has 1 unspecified atom stereocenters. The van der Waals surface area contributed by atoms with Crippen molar-refractivity contribution in [2.24, 2.45) is 5.92 Å². The summed E-state index contributed by atoms with van der Waals surface area (Å²) in [6.07, 6.45) is 2.69. The summed E-state index contributed by atoms with van der Waals surface area (Å²) in [5, 5.41) is 0. The summed E-state index contributed by atoms with van der Waals surface area (Å²) in [5.74, 6) is -0.0859. The third kappa shape index (κ3) is 4.52. The first-order valence-corrected chi connectivity index (χ1v) is 10.1. The molecule has 0 saturated carbocycles. The molecule has 1 aromatic carbocycles. The molecule has 0 amide bonds. The normalized spacial score (nSPS) is 19.0. The zero-order valence-corrected chi connectivity index (χ0v) is 16.1. The van der Waals surface area contributed by atoms with Crippen molar-refractivity contribution in [2.75, 3.05) is 20.3 Å². The van der Waals surface area contributed by atoms with Gasteiger partial charge in [0, 0.05) is 12.6 Å². The first-order valence-electron chi connectivity index (χ1n) is 8.64. The molecule has 1 aliphatic rings. The summed E-state index contributed by atoms with van der Waals surface area (Å²) in [7, 11) is -2.32. The maximum Gasteiger partial charge on any atom is 0.338 e. The van der Waals surface area contributed by atoms with E-state index in [1.807, 2.05) is 20.8 Å². The van der Waals surface area contributed by atoms with Crippen LogP contribution in [0.4, 0.5) is 0 Å². The number of ether oxygens (including phenoxy) is 2. The van der Waals surface area contributed by atoms with E-state index < -0.39 is 16.0 Å². The molecule has 1 atom stereocenters. The zero-order chi connectivity index (χ0) is 18.6.